The minimum absolute atomic E-state index is 0.294. The number of hydrogen-bond donors (Lipinski definition) is 2. The zero-order chi connectivity index (χ0) is 19.6. The lowest BCUT2D eigenvalue weighted by molar-refractivity contribution is -0.138. The van der Waals surface area contributed by atoms with Gasteiger partial charge in [-0.3, -0.25) is 9.59 Å². The topological polar surface area (TPSA) is 74.6 Å². The number of aliphatic carboxylic acids is 2. The first-order valence-corrected chi connectivity index (χ1v) is 10.2. The van der Waals surface area contributed by atoms with E-state index in [0.29, 0.717) is 12.8 Å². The molecule has 0 aliphatic carbocycles. The predicted octanol–water partition coefficient (Wildman–Crippen LogP) is 6.51. The molecular formula is C22H38O4. The summed E-state index contributed by atoms with van der Waals surface area (Å²) in [6, 6.07) is 0. The normalized spacial score (nSPS) is 12.4. The largest absolute Gasteiger partial charge is 0.481 e. The Bertz CT molecular complexity index is 407. The second-order valence-corrected chi connectivity index (χ2v) is 7.29. The van der Waals surface area contributed by atoms with Crippen LogP contribution >= 0.6 is 0 Å². The monoisotopic (exact) mass is 366 g/mol. The van der Waals surface area contributed by atoms with Gasteiger partial charge in [0.2, 0.25) is 0 Å². The van der Waals surface area contributed by atoms with Gasteiger partial charge in [0, 0.05) is 12.8 Å². The quantitative estimate of drug-likeness (QED) is 0.227. The second-order valence-electron chi connectivity index (χ2n) is 7.29. The molecule has 0 aromatic heterocycles. The number of carboxylic acid groups (broad SMARTS) is 2. The Morgan fingerprint density at radius 3 is 1.19 bits per heavy atom. The van der Waals surface area contributed by atoms with Gasteiger partial charge in [0.05, 0.1) is 0 Å². The number of carboxylic acids is 2. The summed E-state index contributed by atoms with van der Waals surface area (Å²) >= 11 is 0. The zero-order valence-corrected chi connectivity index (χ0v) is 16.8. The average molecular weight is 367 g/mol. The standard InChI is InChI=1S/C22H38O4/c1-19(13-7-3-5-9-17-21(23)24)15-11-12-16-20(2)14-8-4-6-10-18-22(25)26/h15-16H,3-14,17-18H2,1-2H3,(H,23,24)(H,25,26). The van der Waals surface area contributed by atoms with Crippen molar-refractivity contribution in [1.29, 1.82) is 0 Å². The molecular weight excluding hydrogens is 328 g/mol. The molecule has 150 valence electrons. The first kappa shape index (κ1) is 24.4. The molecule has 0 atom stereocenters. The van der Waals surface area contributed by atoms with Crippen LogP contribution in [0.5, 0.6) is 0 Å². The van der Waals surface area contributed by atoms with Gasteiger partial charge in [-0.2, -0.15) is 0 Å². The Balaban J connectivity index is 3.60. The van der Waals surface area contributed by atoms with E-state index in [2.05, 4.69) is 26.0 Å². The molecule has 0 saturated carbocycles. The van der Waals surface area contributed by atoms with Gasteiger partial charge in [-0.1, -0.05) is 49.0 Å². The van der Waals surface area contributed by atoms with Gasteiger partial charge in [0.25, 0.3) is 0 Å². The molecule has 0 aliphatic heterocycles. The van der Waals surface area contributed by atoms with Crippen LogP contribution in [0, 0.1) is 0 Å². The lowest BCUT2D eigenvalue weighted by atomic mass is 10.0. The number of rotatable bonds is 17. The summed E-state index contributed by atoms with van der Waals surface area (Å²) in [4.78, 5) is 20.8. The van der Waals surface area contributed by atoms with E-state index in [-0.39, 0.29) is 0 Å². The summed E-state index contributed by atoms with van der Waals surface area (Å²) in [6.45, 7) is 4.37. The molecule has 0 radical (unpaired) electrons. The molecule has 4 nitrogen and oxygen atoms in total. The summed E-state index contributed by atoms with van der Waals surface area (Å²) < 4.78 is 0. The van der Waals surface area contributed by atoms with Crippen LogP contribution in [0.25, 0.3) is 0 Å². The number of allylic oxidation sites excluding steroid dienone is 4. The van der Waals surface area contributed by atoms with Gasteiger partial charge in [0.15, 0.2) is 0 Å². The first-order valence-electron chi connectivity index (χ1n) is 10.2. The van der Waals surface area contributed by atoms with Crippen molar-refractivity contribution < 1.29 is 19.8 Å². The van der Waals surface area contributed by atoms with Gasteiger partial charge >= 0.3 is 11.9 Å². The Hall–Kier alpha value is -1.58. The third kappa shape index (κ3) is 18.8. The summed E-state index contributed by atoms with van der Waals surface area (Å²) in [6.07, 6.45) is 17.8. The van der Waals surface area contributed by atoms with Crippen molar-refractivity contribution in [3.8, 4) is 0 Å². The van der Waals surface area contributed by atoms with E-state index in [0.717, 1.165) is 77.0 Å². The van der Waals surface area contributed by atoms with E-state index in [9.17, 15) is 9.59 Å². The van der Waals surface area contributed by atoms with Crippen LogP contribution in [0.1, 0.15) is 104 Å². The maximum atomic E-state index is 10.4. The highest BCUT2D eigenvalue weighted by atomic mass is 16.4. The SMILES string of the molecule is CC(=CCCC=C(C)CCCCCCC(=O)O)CCCCCCC(=O)O. The molecule has 4 heteroatoms. The van der Waals surface area contributed by atoms with Crippen LogP contribution in [0.4, 0.5) is 0 Å². The number of unbranched alkanes of at least 4 members (excludes halogenated alkanes) is 7. The molecule has 0 bridgehead atoms. The molecule has 0 aromatic carbocycles. The maximum absolute atomic E-state index is 10.4. The molecule has 0 aromatic rings. The van der Waals surface area contributed by atoms with Crippen molar-refractivity contribution in [3.05, 3.63) is 23.3 Å². The van der Waals surface area contributed by atoms with Gasteiger partial charge in [-0.05, 0) is 65.2 Å². The van der Waals surface area contributed by atoms with E-state index < -0.39 is 11.9 Å². The summed E-state index contributed by atoms with van der Waals surface area (Å²) in [5, 5.41) is 17.2. The molecule has 0 amide bonds. The van der Waals surface area contributed by atoms with E-state index in [4.69, 9.17) is 10.2 Å². The minimum atomic E-state index is -0.692. The Morgan fingerprint density at radius 1 is 0.577 bits per heavy atom. The Labute approximate surface area is 159 Å². The molecule has 0 heterocycles. The van der Waals surface area contributed by atoms with Crippen molar-refractivity contribution in [2.75, 3.05) is 0 Å². The summed E-state index contributed by atoms with van der Waals surface area (Å²) in [7, 11) is 0. The molecule has 26 heavy (non-hydrogen) atoms. The molecule has 0 spiro atoms. The van der Waals surface area contributed by atoms with Gasteiger partial charge in [0.1, 0.15) is 0 Å². The highest BCUT2D eigenvalue weighted by Crippen LogP contribution is 2.14. The smallest absolute Gasteiger partial charge is 0.303 e. The molecule has 0 unspecified atom stereocenters. The minimum Gasteiger partial charge on any atom is -0.481 e. The van der Waals surface area contributed by atoms with Crippen LogP contribution < -0.4 is 0 Å². The maximum Gasteiger partial charge on any atom is 0.303 e. The zero-order valence-electron chi connectivity index (χ0n) is 16.8. The predicted molar refractivity (Wildman–Crippen MR) is 107 cm³/mol. The third-order valence-corrected chi connectivity index (χ3v) is 4.58. The fourth-order valence-electron chi connectivity index (χ4n) is 2.93. The van der Waals surface area contributed by atoms with Gasteiger partial charge < -0.3 is 10.2 Å². The van der Waals surface area contributed by atoms with Gasteiger partial charge in [-0.15, -0.1) is 0 Å². The van der Waals surface area contributed by atoms with E-state index >= 15 is 0 Å². The highest BCUT2D eigenvalue weighted by Gasteiger charge is 1.98. The average Bonchev–Trinajstić information content (AvgIpc) is 2.57. The Morgan fingerprint density at radius 2 is 0.885 bits per heavy atom. The van der Waals surface area contributed by atoms with E-state index in [1.54, 1.807) is 0 Å². The number of hydrogen-bond acceptors (Lipinski definition) is 2. The van der Waals surface area contributed by atoms with Crippen LogP contribution in [0.3, 0.4) is 0 Å². The summed E-state index contributed by atoms with van der Waals surface area (Å²) in [5.74, 6) is -1.38. The van der Waals surface area contributed by atoms with Gasteiger partial charge in [-0.25, -0.2) is 0 Å². The second kappa shape index (κ2) is 16.9. The van der Waals surface area contributed by atoms with Crippen molar-refractivity contribution in [1.82, 2.24) is 0 Å². The number of carbonyl (C=O) groups is 2. The van der Waals surface area contributed by atoms with Crippen molar-refractivity contribution in [2.45, 2.75) is 104 Å². The fraction of sp³-hybridized carbons (Fsp3) is 0.727. The van der Waals surface area contributed by atoms with Crippen LogP contribution in [-0.4, -0.2) is 22.2 Å². The highest BCUT2D eigenvalue weighted by molar-refractivity contribution is 5.66. The van der Waals surface area contributed by atoms with E-state index in [1.807, 2.05) is 0 Å². The molecule has 0 aliphatic rings. The fourth-order valence-corrected chi connectivity index (χ4v) is 2.93. The lowest BCUT2D eigenvalue weighted by Crippen LogP contribution is -1.93. The molecule has 2 N–H and O–H groups in total. The van der Waals surface area contributed by atoms with Crippen molar-refractivity contribution >= 4 is 11.9 Å². The molecule has 0 rings (SSSR count). The Kier molecular flexibility index (Phi) is 15.8. The molecule has 0 saturated heterocycles. The van der Waals surface area contributed by atoms with Crippen molar-refractivity contribution in [3.63, 3.8) is 0 Å². The lowest BCUT2D eigenvalue weighted by Gasteiger charge is -2.03. The van der Waals surface area contributed by atoms with E-state index in [1.165, 1.54) is 11.1 Å². The molecule has 0 fully saturated rings. The van der Waals surface area contributed by atoms with Crippen LogP contribution in [-0.2, 0) is 9.59 Å². The summed E-state index contributed by atoms with van der Waals surface area (Å²) in [5.41, 5.74) is 2.88. The van der Waals surface area contributed by atoms with Crippen LogP contribution in [0.15, 0.2) is 23.3 Å². The van der Waals surface area contributed by atoms with Crippen molar-refractivity contribution in [2.24, 2.45) is 0 Å². The third-order valence-electron chi connectivity index (χ3n) is 4.58. The first-order chi connectivity index (χ1) is 12.4. The van der Waals surface area contributed by atoms with Crippen LogP contribution in [0.2, 0.25) is 0 Å².